The molecule has 0 saturated heterocycles. The smallest absolute Gasteiger partial charge is 0.308 e. The van der Waals surface area contributed by atoms with Gasteiger partial charge in [-0.3, -0.25) is 9.59 Å². The fraction of sp³-hybridized carbons (Fsp3) is 0.913. The fourth-order valence-corrected chi connectivity index (χ4v) is 3.78. The summed E-state index contributed by atoms with van der Waals surface area (Å²) in [7, 11) is 0. The van der Waals surface area contributed by atoms with Crippen molar-refractivity contribution in [1.29, 1.82) is 0 Å². The third-order valence-electron chi connectivity index (χ3n) is 5.77. The molecule has 4 heteroatoms. The van der Waals surface area contributed by atoms with Gasteiger partial charge in [-0.25, -0.2) is 0 Å². The lowest BCUT2D eigenvalue weighted by molar-refractivity contribution is -0.156. The summed E-state index contributed by atoms with van der Waals surface area (Å²) in [6.07, 6.45) is 10.9. The first-order valence-corrected chi connectivity index (χ1v) is 11.3. The second kappa shape index (κ2) is 14.0. The van der Waals surface area contributed by atoms with Gasteiger partial charge in [-0.1, -0.05) is 59.8 Å². The maximum absolute atomic E-state index is 12.4. The van der Waals surface area contributed by atoms with E-state index in [9.17, 15) is 9.59 Å². The van der Waals surface area contributed by atoms with Crippen LogP contribution in [0.1, 0.15) is 98.3 Å². The molecule has 158 valence electrons. The van der Waals surface area contributed by atoms with Crippen molar-refractivity contribution in [1.82, 2.24) is 0 Å². The molecule has 1 aliphatic rings. The first kappa shape index (κ1) is 24.0. The molecule has 0 aromatic heterocycles. The third-order valence-corrected chi connectivity index (χ3v) is 5.77. The summed E-state index contributed by atoms with van der Waals surface area (Å²) in [6.45, 7) is 9.79. The Hall–Kier alpha value is -1.06. The Labute approximate surface area is 166 Å². The topological polar surface area (TPSA) is 52.6 Å². The highest BCUT2D eigenvalue weighted by molar-refractivity contribution is 5.76. The largest absolute Gasteiger partial charge is 0.465 e. The van der Waals surface area contributed by atoms with Crippen molar-refractivity contribution in [2.75, 3.05) is 13.2 Å². The lowest BCUT2D eigenvalue weighted by Crippen LogP contribution is -2.30. The Morgan fingerprint density at radius 2 is 1.59 bits per heavy atom. The molecule has 0 aromatic carbocycles. The molecule has 0 aromatic rings. The number of carbonyl (C=O) groups excluding carboxylic acids is 2. The summed E-state index contributed by atoms with van der Waals surface area (Å²) in [4.78, 5) is 24.8. The van der Waals surface area contributed by atoms with Gasteiger partial charge in [0, 0.05) is 0 Å². The molecule has 0 aliphatic heterocycles. The van der Waals surface area contributed by atoms with Crippen molar-refractivity contribution in [2.24, 2.45) is 23.7 Å². The van der Waals surface area contributed by atoms with E-state index in [4.69, 9.17) is 9.47 Å². The van der Waals surface area contributed by atoms with Crippen LogP contribution in [0.25, 0.3) is 0 Å². The minimum absolute atomic E-state index is 0.112. The number of hydrogen-bond acceptors (Lipinski definition) is 4. The van der Waals surface area contributed by atoms with Crippen LogP contribution >= 0.6 is 0 Å². The van der Waals surface area contributed by atoms with Crippen molar-refractivity contribution >= 4 is 11.9 Å². The molecule has 0 amide bonds. The van der Waals surface area contributed by atoms with Crippen LogP contribution in [0.4, 0.5) is 0 Å². The van der Waals surface area contributed by atoms with E-state index in [0.717, 1.165) is 44.9 Å². The van der Waals surface area contributed by atoms with E-state index in [2.05, 4.69) is 27.7 Å². The zero-order chi connectivity index (χ0) is 20.1. The number of carbonyl (C=O) groups is 2. The SMILES string of the molecule is CCCCC(CC)COC(=O)C1CCCC(C(=O)OCCCCC(C)C)C1. The highest BCUT2D eigenvalue weighted by atomic mass is 16.5. The van der Waals surface area contributed by atoms with Gasteiger partial charge in [-0.15, -0.1) is 0 Å². The Bertz CT molecular complexity index is 419. The summed E-state index contributed by atoms with van der Waals surface area (Å²) >= 11 is 0. The van der Waals surface area contributed by atoms with E-state index in [1.54, 1.807) is 0 Å². The Balaban J connectivity index is 2.31. The van der Waals surface area contributed by atoms with Gasteiger partial charge in [-0.05, 0) is 50.4 Å². The zero-order valence-corrected chi connectivity index (χ0v) is 18.1. The number of rotatable bonds is 13. The average Bonchev–Trinajstić information content (AvgIpc) is 2.67. The van der Waals surface area contributed by atoms with E-state index in [1.165, 1.54) is 19.3 Å². The molecular formula is C23H42O4. The quantitative estimate of drug-likeness (QED) is 0.293. The monoisotopic (exact) mass is 382 g/mol. The highest BCUT2D eigenvalue weighted by Crippen LogP contribution is 2.31. The van der Waals surface area contributed by atoms with Crippen molar-refractivity contribution < 1.29 is 19.1 Å². The van der Waals surface area contributed by atoms with Crippen molar-refractivity contribution in [3.63, 3.8) is 0 Å². The van der Waals surface area contributed by atoms with Crippen molar-refractivity contribution in [3.05, 3.63) is 0 Å². The normalized spacial score (nSPS) is 21.1. The van der Waals surface area contributed by atoms with Gasteiger partial charge in [0.1, 0.15) is 0 Å². The molecule has 0 spiro atoms. The van der Waals surface area contributed by atoms with Crippen LogP contribution in [-0.2, 0) is 19.1 Å². The Kier molecular flexibility index (Phi) is 12.4. The van der Waals surface area contributed by atoms with Crippen molar-refractivity contribution in [2.45, 2.75) is 98.3 Å². The molecule has 1 rings (SSSR count). The summed E-state index contributed by atoms with van der Waals surface area (Å²) in [5.74, 6) is 0.652. The van der Waals surface area contributed by atoms with Crippen LogP contribution in [0.2, 0.25) is 0 Å². The molecule has 3 atom stereocenters. The van der Waals surface area contributed by atoms with Crippen LogP contribution < -0.4 is 0 Å². The molecule has 0 radical (unpaired) electrons. The Morgan fingerprint density at radius 1 is 0.926 bits per heavy atom. The molecule has 1 aliphatic carbocycles. The number of ether oxygens (including phenoxy) is 2. The van der Waals surface area contributed by atoms with Crippen LogP contribution in [0.5, 0.6) is 0 Å². The molecule has 4 nitrogen and oxygen atoms in total. The number of unbranched alkanes of at least 4 members (excludes halogenated alkanes) is 2. The summed E-state index contributed by atoms with van der Waals surface area (Å²) in [5.41, 5.74) is 0. The van der Waals surface area contributed by atoms with E-state index in [1.807, 2.05) is 0 Å². The van der Waals surface area contributed by atoms with Gasteiger partial charge >= 0.3 is 11.9 Å². The number of hydrogen-bond donors (Lipinski definition) is 0. The van der Waals surface area contributed by atoms with E-state index < -0.39 is 0 Å². The Morgan fingerprint density at radius 3 is 2.19 bits per heavy atom. The summed E-state index contributed by atoms with van der Waals surface area (Å²) in [6, 6.07) is 0. The van der Waals surface area contributed by atoms with Gasteiger partial charge in [0.05, 0.1) is 25.0 Å². The first-order valence-electron chi connectivity index (χ1n) is 11.3. The summed E-state index contributed by atoms with van der Waals surface area (Å²) in [5, 5.41) is 0. The average molecular weight is 383 g/mol. The minimum atomic E-state index is -0.138. The highest BCUT2D eigenvalue weighted by Gasteiger charge is 2.33. The number of esters is 2. The minimum Gasteiger partial charge on any atom is -0.465 e. The van der Waals surface area contributed by atoms with Crippen molar-refractivity contribution in [3.8, 4) is 0 Å². The molecule has 0 heterocycles. The van der Waals surface area contributed by atoms with Gasteiger partial charge in [0.25, 0.3) is 0 Å². The lowest BCUT2D eigenvalue weighted by Gasteiger charge is -2.27. The molecular weight excluding hydrogens is 340 g/mol. The van der Waals surface area contributed by atoms with Crippen LogP contribution in [0.3, 0.4) is 0 Å². The van der Waals surface area contributed by atoms with Gasteiger partial charge < -0.3 is 9.47 Å². The third kappa shape index (κ3) is 10.2. The maximum Gasteiger partial charge on any atom is 0.308 e. The van der Waals surface area contributed by atoms with Gasteiger partial charge in [0.15, 0.2) is 0 Å². The molecule has 0 bridgehead atoms. The second-order valence-corrected chi connectivity index (χ2v) is 8.66. The van der Waals surface area contributed by atoms with E-state index in [0.29, 0.717) is 31.5 Å². The predicted octanol–water partition coefficient (Wildman–Crippen LogP) is 5.92. The first-order chi connectivity index (χ1) is 13.0. The molecule has 1 saturated carbocycles. The van der Waals surface area contributed by atoms with E-state index in [-0.39, 0.29) is 23.8 Å². The van der Waals surface area contributed by atoms with Gasteiger partial charge in [-0.2, -0.15) is 0 Å². The van der Waals surface area contributed by atoms with Gasteiger partial charge in [0.2, 0.25) is 0 Å². The lowest BCUT2D eigenvalue weighted by atomic mass is 9.81. The van der Waals surface area contributed by atoms with E-state index >= 15 is 0 Å². The maximum atomic E-state index is 12.4. The fourth-order valence-electron chi connectivity index (χ4n) is 3.78. The van der Waals surface area contributed by atoms with Crippen LogP contribution in [-0.4, -0.2) is 25.2 Å². The molecule has 27 heavy (non-hydrogen) atoms. The van der Waals surface area contributed by atoms with Crippen LogP contribution in [0, 0.1) is 23.7 Å². The predicted molar refractivity (Wildman–Crippen MR) is 109 cm³/mol. The zero-order valence-electron chi connectivity index (χ0n) is 18.1. The summed E-state index contributed by atoms with van der Waals surface area (Å²) < 4.78 is 11.1. The molecule has 1 fully saturated rings. The second-order valence-electron chi connectivity index (χ2n) is 8.66. The molecule has 3 unspecified atom stereocenters. The van der Waals surface area contributed by atoms with Crippen LogP contribution in [0.15, 0.2) is 0 Å². The standard InChI is InChI=1S/C23H42O4/c1-5-7-12-19(6-2)17-27-23(25)21-14-10-13-20(16-21)22(24)26-15-9-8-11-18(3)4/h18-21H,5-17H2,1-4H3. The molecule has 0 N–H and O–H groups in total.